The standard InChI is InChI=1S/C13H17ClN2O3/c1-13(2,3)19-12(18)16-10(5-7-17)11-8-9(14)4-6-15-11/h4,6-8,10H,5H2,1-3H3,(H,16,18)/t10-/m0/s1. The Hall–Kier alpha value is -1.62. The van der Waals surface area contributed by atoms with Crippen molar-refractivity contribution in [3.63, 3.8) is 0 Å². The van der Waals surface area contributed by atoms with Crippen molar-refractivity contribution in [2.75, 3.05) is 0 Å². The first-order valence-electron chi connectivity index (χ1n) is 5.86. The molecule has 104 valence electrons. The maximum atomic E-state index is 11.7. The van der Waals surface area contributed by atoms with Gasteiger partial charge in [-0.2, -0.15) is 0 Å². The van der Waals surface area contributed by atoms with Gasteiger partial charge >= 0.3 is 6.09 Å². The highest BCUT2D eigenvalue weighted by Gasteiger charge is 2.21. The van der Waals surface area contributed by atoms with E-state index in [0.717, 1.165) is 0 Å². The molecule has 0 aliphatic rings. The zero-order valence-corrected chi connectivity index (χ0v) is 11.9. The van der Waals surface area contributed by atoms with E-state index in [1.165, 1.54) is 6.20 Å². The number of amides is 1. The molecule has 1 aromatic rings. The monoisotopic (exact) mass is 284 g/mol. The van der Waals surface area contributed by atoms with Crippen molar-refractivity contribution < 1.29 is 14.3 Å². The first kappa shape index (κ1) is 15.4. The third-order valence-electron chi connectivity index (χ3n) is 2.12. The van der Waals surface area contributed by atoms with Crippen LogP contribution in [-0.4, -0.2) is 23.0 Å². The lowest BCUT2D eigenvalue weighted by molar-refractivity contribution is -0.108. The lowest BCUT2D eigenvalue weighted by atomic mass is 10.1. The highest BCUT2D eigenvalue weighted by molar-refractivity contribution is 6.30. The SMILES string of the molecule is CC(C)(C)OC(=O)N[C@@H](CC=O)c1cc(Cl)ccn1. The molecule has 1 rings (SSSR count). The van der Waals surface area contributed by atoms with Gasteiger partial charge in [-0.1, -0.05) is 11.6 Å². The number of aromatic nitrogens is 1. The molecule has 1 aromatic heterocycles. The van der Waals surface area contributed by atoms with E-state index < -0.39 is 17.7 Å². The fourth-order valence-corrected chi connectivity index (χ4v) is 1.58. The maximum absolute atomic E-state index is 11.7. The first-order chi connectivity index (χ1) is 8.81. The van der Waals surface area contributed by atoms with Gasteiger partial charge in [0.25, 0.3) is 0 Å². The molecule has 0 spiro atoms. The lowest BCUT2D eigenvalue weighted by Gasteiger charge is -2.22. The Balaban J connectivity index is 2.78. The van der Waals surface area contributed by atoms with Crippen LogP contribution in [0.4, 0.5) is 4.79 Å². The van der Waals surface area contributed by atoms with Gasteiger partial charge in [0, 0.05) is 17.6 Å². The molecule has 0 fully saturated rings. The fourth-order valence-electron chi connectivity index (χ4n) is 1.41. The summed E-state index contributed by atoms with van der Waals surface area (Å²) >= 11 is 5.86. The Morgan fingerprint density at radius 3 is 2.79 bits per heavy atom. The quantitative estimate of drug-likeness (QED) is 0.863. The van der Waals surface area contributed by atoms with Gasteiger partial charge in [0.05, 0.1) is 11.7 Å². The van der Waals surface area contributed by atoms with Crippen molar-refractivity contribution in [1.29, 1.82) is 0 Å². The molecule has 0 aromatic carbocycles. The van der Waals surface area contributed by atoms with Crippen LogP contribution < -0.4 is 5.32 Å². The summed E-state index contributed by atoms with van der Waals surface area (Å²) in [5.41, 5.74) is -0.0807. The highest BCUT2D eigenvalue weighted by atomic mass is 35.5. The summed E-state index contributed by atoms with van der Waals surface area (Å²) in [4.78, 5) is 26.5. The van der Waals surface area contributed by atoms with Crippen molar-refractivity contribution in [1.82, 2.24) is 10.3 Å². The molecule has 1 atom stereocenters. The van der Waals surface area contributed by atoms with Crippen molar-refractivity contribution >= 4 is 24.0 Å². The van der Waals surface area contributed by atoms with E-state index in [2.05, 4.69) is 10.3 Å². The van der Waals surface area contributed by atoms with Crippen LogP contribution in [0.3, 0.4) is 0 Å². The average Bonchev–Trinajstić information content (AvgIpc) is 2.26. The smallest absolute Gasteiger partial charge is 0.408 e. The lowest BCUT2D eigenvalue weighted by Crippen LogP contribution is -2.35. The van der Waals surface area contributed by atoms with Crippen molar-refractivity contribution in [2.45, 2.75) is 38.8 Å². The molecule has 0 aliphatic carbocycles. The van der Waals surface area contributed by atoms with Gasteiger partial charge < -0.3 is 14.8 Å². The second kappa shape index (κ2) is 6.52. The topological polar surface area (TPSA) is 68.3 Å². The number of carbonyl (C=O) groups excluding carboxylic acids is 2. The van der Waals surface area contributed by atoms with E-state index in [4.69, 9.17) is 16.3 Å². The van der Waals surface area contributed by atoms with Crippen LogP contribution in [0.5, 0.6) is 0 Å². The fraction of sp³-hybridized carbons (Fsp3) is 0.462. The number of nitrogens with zero attached hydrogens (tertiary/aromatic N) is 1. The predicted molar refractivity (Wildman–Crippen MR) is 72.0 cm³/mol. The summed E-state index contributed by atoms with van der Waals surface area (Å²) in [5, 5.41) is 3.10. The largest absolute Gasteiger partial charge is 0.444 e. The van der Waals surface area contributed by atoms with Crippen molar-refractivity contribution in [3.8, 4) is 0 Å². The van der Waals surface area contributed by atoms with Crippen molar-refractivity contribution in [3.05, 3.63) is 29.0 Å². The minimum absolute atomic E-state index is 0.104. The first-order valence-corrected chi connectivity index (χ1v) is 6.24. The van der Waals surface area contributed by atoms with Gasteiger partial charge in [-0.05, 0) is 32.9 Å². The van der Waals surface area contributed by atoms with Gasteiger partial charge in [0.1, 0.15) is 11.9 Å². The second-order valence-electron chi connectivity index (χ2n) is 5.00. The van der Waals surface area contributed by atoms with Crippen LogP contribution in [-0.2, 0) is 9.53 Å². The van der Waals surface area contributed by atoms with Crippen LogP contribution in [0, 0.1) is 0 Å². The molecule has 0 saturated carbocycles. The Morgan fingerprint density at radius 2 is 2.26 bits per heavy atom. The van der Waals surface area contributed by atoms with E-state index in [9.17, 15) is 9.59 Å². The predicted octanol–water partition coefficient (Wildman–Crippen LogP) is 2.89. The molecule has 0 bridgehead atoms. The molecule has 0 unspecified atom stereocenters. The number of nitrogens with one attached hydrogen (secondary N) is 1. The van der Waals surface area contributed by atoms with Crippen LogP contribution in [0.25, 0.3) is 0 Å². The molecule has 5 nitrogen and oxygen atoms in total. The molecule has 0 aliphatic heterocycles. The van der Waals surface area contributed by atoms with E-state index >= 15 is 0 Å². The minimum atomic E-state index is -0.600. The molecule has 19 heavy (non-hydrogen) atoms. The van der Waals surface area contributed by atoms with Crippen molar-refractivity contribution in [2.24, 2.45) is 0 Å². The number of rotatable bonds is 4. The molecule has 6 heteroatoms. The summed E-state index contributed by atoms with van der Waals surface area (Å²) in [7, 11) is 0. The Bertz CT molecular complexity index is 457. The molecule has 1 heterocycles. The van der Waals surface area contributed by atoms with Gasteiger partial charge in [0.15, 0.2) is 0 Å². The Morgan fingerprint density at radius 1 is 1.58 bits per heavy atom. The summed E-state index contributed by atoms with van der Waals surface area (Å²) in [5.74, 6) is 0. The third kappa shape index (κ3) is 5.70. The number of halogens is 1. The van der Waals surface area contributed by atoms with Crippen LogP contribution in [0.1, 0.15) is 38.9 Å². The van der Waals surface area contributed by atoms with Gasteiger partial charge in [0.2, 0.25) is 0 Å². The number of pyridine rings is 1. The minimum Gasteiger partial charge on any atom is -0.444 e. The van der Waals surface area contributed by atoms with Crippen LogP contribution in [0.15, 0.2) is 18.3 Å². The summed E-state index contributed by atoms with van der Waals surface area (Å²) in [6.07, 6.45) is 1.74. The summed E-state index contributed by atoms with van der Waals surface area (Å²) in [6.45, 7) is 5.29. The van der Waals surface area contributed by atoms with E-state index in [1.54, 1.807) is 32.9 Å². The molecular formula is C13H17ClN2O3. The second-order valence-corrected chi connectivity index (χ2v) is 5.44. The zero-order chi connectivity index (χ0) is 14.5. The van der Waals surface area contributed by atoms with Gasteiger partial charge in [-0.3, -0.25) is 4.98 Å². The maximum Gasteiger partial charge on any atom is 0.408 e. The summed E-state index contributed by atoms with van der Waals surface area (Å²) in [6, 6.07) is 2.68. The van der Waals surface area contributed by atoms with E-state index in [1.807, 2.05) is 0 Å². The van der Waals surface area contributed by atoms with Gasteiger partial charge in [-0.25, -0.2) is 4.79 Å². The molecule has 1 N–H and O–H groups in total. The highest BCUT2D eigenvalue weighted by Crippen LogP contribution is 2.18. The number of hydrogen-bond acceptors (Lipinski definition) is 4. The number of alkyl carbamates (subject to hydrolysis) is 1. The van der Waals surface area contributed by atoms with E-state index in [-0.39, 0.29) is 6.42 Å². The molecule has 0 radical (unpaired) electrons. The Labute approximate surface area is 117 Å². The third-order valence-corrected chi connectivity index (χ3v) is 2.36. The average molecular weight is 285 g/mol. The number of aldehydes is 1. The summed E-state index contributed by atoms with van der Waals surface area (Å²) < 4.78 is 5.14. The van der Waals surface area contributed by atoms with Gasteiger partial charge in [-0.15, -0.1) is 0 Å². The zero-order valence-electron chi connectivity index (χ0n) is 11.1. The van der Waals surface area contributed by atoms with E-state index in [0.29, 0.717) is 17.0 Å². The number of carbonyl (C=O) groups is 2. The molecule has 0 saturated heterocycles. The number of ether oxygens (including phenoxy) is 1. The molecule has 1 amide bonds. The number of hydrogen-bond donors (Lipinski definition) is 1. The molecular weight excluding hydrogens is 268 g/mol. The van der Waals surface area contributed by atoms with Crippen LogP contribution in [0.2, 0.25) is 5.02 Å². The van der Waals surface area contributed by atoms with Crippen LogP contribution >= 0.6 is 11.6 Å². The Kier molecular flexibility index (Phi) is 5.30. The normalized spacial score (nSPS) is 12.6.